The van der Waals surface area contributed by atoms with Crippen LogP contribution in [-0.2, 0) is 6.42 Å². The summed E-state index contributed by atoms with van der Waals surface area (Å²) in [6, 6.07) is 5.99. The van der Waals surface area contributed by atoms with Crippen LogP contribution < -0.4 is 0 Å². The van der Waals surface area contributed by atoms with Gasteiger partial charge in [-0.1, -0.05) is 31.5 Å². The van der Waals surface area contributed by atoms with Gasteiger partial charge < -0.3 is 5.11 Å². The van der Waals surface area contributed by atoms with Crippen LogP contribution in [-0.4, -0.2) is 11.7 Å². The molecule has 1 N–H and O–H groups in total. The zero-order valence-electron chi connectivity index (χ0n) is 8.05. The Hall–Kier alpha value is -0.530. The summed E-state index contributed by atoms with van der Waals surface area (Å²) >= 11 is 5.95. The van der Waals surface area contributed by atoms with Crippen LogP contribution in [0.2, 0.25) is 5.02 Å². The van der Waals surface area contributed by atoms with Gasteiger partial charge in [0.2, 0.25) is 0 Å². The molecule has 1 atom stereocenters. The van der Waals surface area contributed by atoms with Crippen LogP contribution in [0, 0.1) is 0 Å². The van der Waals surface area contributed by atoms with Crippen molar-refractivity contribution in [1.82, 2.24) is 0 Å². The van der Waals surface area contributed by atoms with Gasteiger partial charge in [-0.3, -0.25) is 0 Å². The third kappa shape index (κ3) is 2.71. The van der Waals surface area contributed by atoms with E-state index in [2.05, 4.69) is 13.0 Å². The second-order valence-electron chi connectivity index (χ2n) is 3.33. The van der Waals surface area contributed by atoms with Gasteiger partial charge in [-0.25, -0.2) is 0 Å². The average Bonchev–Trinajstić information content (AvgIpc) is 2.15. The van der Waals surface area contributed by atoms with Crippen LogP contribution in [0.15, 0.2) is 18.2 Å². The zero-order valence-corrected chi connectivity index (χ0v) is 8.80. The molecule has 1 rings (SSSR count). The number of hydrogen-bond acceptors (Lipinski definition) is 1. The van der Waals surface area contributed by atoms with E-state index in [4.69, 9.17) is 16.7 Å². The molecule has 1 aromatic rings. The van der Waals surface area contributed by atoms with E-state index in [-0.39, 0.29) is 12.5 Å². The largest absolute Gasteiger partial charge is 0.396 e. The summed E-state index contributed by atoms with van der Waals surface area (Å²) < 4.78 is 0. The highest BCUT2D eigenvalue weighted by atomic mass is 35.5. The Bertz CT molecular complexity index is 283. The molecule has 0 saturated heterocycles. The first-order valence-electron chi connectivity index (χ1n) is 4.57. The van der Waals surface area contributed by atoms with Gasteiger partial charge in [0.1, 0.15) is 0 Å². The first kappa shape index (κ1) is 10.6. The summed E-state index contributed by atoms with van der Waals surface area (Å²) in [5.41, 5.74) is 2.34. The van der Waals surface area contributed by atoms with Crippen molar-refractivity contribution in [2.24, 2.45) is 0 Å². The molecular formula is C11H15ClO. The molecule has 1 aromatic carbocycles. The van der Waals surface area contributed by atoms with Crippen molar-refractivity contribution in [1.29, 1.82) is 0 Å². The molecule has 1 unspecified atom stereocenters. The lowest BCUT2D eigenvalue weighted by Gasteiger charge is -2.10. The maximum atomic E-state index is 9.00. The van der Waals surface area contributed by atoms with E-state index in [1.807, 2.05) is 19.1 Å². The Morgan fingerprint density at radius 1 is 1.38 bits per heavy atom. The van der Waals surface area contributed by atoms with Crippen molar-refractivity contribution in [3.8, 4) is 0 Å². The number of aliphatic hydroxyl groups excluding tert-OH is 1. The topological polar surface area (TPSA) is 20.2 Å². The molecule has 0 amide bonds. The van der Waals surface area contributed by atoms with Crippen LogP contribution in [0.1, 0.15) is 30.9 Å². The van der Waals surface area contributed by atoms with Crippen molar-refractivity contribution < 1.29 is 5.11 Å². The Morgan fingerprint density at radius 2 is 2.08 bits per heavy atom. The predicted octanol–water partition coefficient (Wildman–Crippen LogP) is 3.00. The number of aryl methyl sites for hydroxylation is 1. The number of benzene rings is 1. The van der Waals surface area contributed by atoms with Gasteiger partial charge in [-0.2, -0.15) is 0 Å². The minimum absolute atomic E-state index is 0.170. The lowest BCUT2D eigenvalue weighted by molar-refractivity contribution is 0.273. The minimum atomic E-state index is 0.170. The zero-order chi connectivity index (χ0) is 9.84. The van der Waals surface area contributed by atoms with Gasteiger partial charge in [0.15, 0.2) is 0 Å². The van der Waals surface area contributed by atoms with E-state index >= 15 is 0 Å². The molecule has 0 heterocycles. The third-order valence-corrected chi connectivity index (χ3v) is 2.45. The number of hydrogen-bond donors (Lipinski definition) is 1. The van der Waals surface area contributed by atoms with Crippen molar-refractivity contribution in [3.63, 3.8) is 0 Å². The van der Waals surface area contributed by atoms with Crippen LogP contribution in [0.25, 0.3) is 0 Å². The maximum Gasteiger partial charge on any atom is 0.0497 e. The van der Waals surface area contributed by atoms with Gasteiger partial charge in [0, 0.05) is 17.5 Å². The van der Waals surface area contributed by atoms with Crippen molar-refractivity contribution >= 4 is 11.6 Å². The molecule has 0 bridgehead atoms. The molecule has 0 aliphatic rings. The first-order valence-corrected chi connectivity index (χ1v) is 4.95. The molecule has 0 saturated carbocycles. The van der Waals surface area contributed by atoms with Gasteiger partial charge in [0.05, 0.1) is 0 Å². The van der Waals surface area contributed by atoms with E-state index in [1.165, 1.54) is 5.56 Å². The highest BCUT2D eigenvalue weighted by Crippen LogP contribution is 2.21. The number of rotatable bonds is 3. The summed E-state index contributed by atoms with van der Waals surface area (Å²) in [6.07, 6.45) is 0.978. The highest BCUT2D eigenvalue weighted by Gasteiger charge is 2.05. The Morgan fingerprint density at radius 3 is 2.62 bits per heavy atom. The lowest BCUT2D eigenvalue weighted by Crippen LogP contribution is -1.99. The minimum Gasteiger partial charge on any atom is -0.396 e. The van der Waals surface area contributed by atoms with E-state index in [1.54, 1.807) is 0 Å². The van der Waals surface area contributed by atoms with Gasteiger partial charge in [-0.05, 0) is 29.7 Å². The van der Waals surface area contributed by atoms with Gasteiger partial charge in [-0.15, -0.1) is 0 Å². The monoisotopic (exact) mass is 198 g/mol. The molecule has 0 aromatic heterocycles. The van der Waals surface area contributed by atoms with Gasteiger partial charge >= 0.3 is 0 Å². The van der Waals surface area contributed by atoms with Crippen molar-refractivity contribution in [2.75, 3.05) is 6.61 Å². The summed E-state index contributed by atoms with van der Waals surface area (Å²) in [4.78, 5) is 0. The molecule has 0 spiro atoms. The summed E-state index contributed by atoms with van der Waals surface area (Å²) in [6.45, 7) is 4.26. The molecule has 1 nitrogen and oxygen atoms in total. The maximum absolute atomic E-state index is 9.00. The van der Waals surface area contributed by atoms with E-state index in [0.717, 1.165) is 17.0 Å². The highest BCUT2D eigenvalue weighted by molar-refractivity contribution is 6.30. The average molecular weight is 199 g/mol. The second kappa shape index (κ2) is 4.64. The fourth-order valence-electron chi connectivity index (χ4n) is 1.27. The van der Waals surface area contributed by atoms with Crippen LogP contribution in [0.3, 0.4) is 0 Å². The summed E-state index contributed by atoms with van der Waals surface area (Å²) in [5.74, 6) is 0.170. The Balaban J connectivity index is 3.01. The lowest BCUT2D eigenvalue weighted by atomic mass is 9.99. The van der Waals surface area contributed by atoms with E-state index in [9.17, 15) is 0 Å². The fraction of sp³-hybridized carbons (Fsp3) is 0.455. The van der Waals surface area contributed by atoms with Crippen LogP contribution in [0.4, 0.5) is 0 Å². The third-order valence-electron chi connectivity index (χ3n) is 2.23. The van der Waals surface area contributed by atoms with Crippen molar-refractivity contribution in [3.05, 3.63) is 34.3 Å². The molecular weight excluding hydrogens is 184 g/mol. The van der Waals surface area contributed by atoms with E-state index in [0.29, 0.717) is 0 Å². The van der Waals surface area contributed by atoms with Crippen LogP contribution in [0.5, 0.6) is 0 Å². The molecule has 0 aliphatic heterocycles. The number of aliphatic hydroxyl groups is 1. The quantitative estimate of drug-likeness (QED) is 0.792. The second-order valence-corrected chi connectivity index (χ2v) is 3.77. The first-order chi connectivity index (χ1) is 6.17. The molecule has 13 heavy (non-hydrogen) atoms. The molecule has 72 valence electrons. The Kier molecular flexibility index (Phi) is 3.76. The van der Waals surface area contributed by atoms with E-state index < -0.39 is 0 Å². The summed E-state index contributed by atoms with van der Waals surface area (Å²) in [7, 11) is 0. The number of halogens is 1. The molecule has 0 radical (unpaired) electrons. The Labute approximate surface area is 84.4 Å². The fourth-order valence-corrected chi connectivity index (χ4v) is 1.54. The SMILES string of the molecule is CCc1cc(Cl)cc(C(C)CO)c1. The van der Waals surface area contributed by atoms with Gasteiger partial charge in [0.25, 0.3) is 0 Å². The standard InChI is InChI=1S/C11H15ClO/c1-3-9-4-10(8(2)7-13)6-11(12)5-9/h4-6,8,13H,3,7H2,1-2H3. The predicted molar refractivity (Wildman–Crippen MR) is 56.3 cm³/mol. The normalized spacial score (nSPS) is 12.9. The molecule has 0 fully saturated rings. The molecule has 0 aliphatic carbocycles. The van der Waals surface area contributed by atoms with Crippen LogP contribution >= 0.6 is 11.6 Å². The summed E-state index contributed by atoms with van der Waals surface area (Å²) in [5, 5.41) is 9.76. The van der Waals surface area contributed by atoms with Crippen molar-refractivity contribution in [2.45, 2.75) is 26.2 Å². The smallest absolute Gasteiger partial charge is 0.0497 e. The molecule has 2 heteroatoms.